The van der Waals surface area contributed by atoms with Crippen molar-refractivity contribution in [3.05, 3.63) is 39.2 Å². The Hall–Kier alpha value is -2.02. The van der Waals surface area contributed by atoms with E-state index in [9.17, 15) is 10.1 Å². The summed E-state index contributed by atoms with van der Waals surface area (Å²) in [7, 11) is 0. The van der Waals surface area contributed by atoms with E-state index < -0.39 is 4.92 Å². The summed E-state index contributed by atoms with van der Waals surface area (Å²) in [6, 6.07) is 5.93. The summed E-state index contributed by atoms with van der Waals surface area (Å²) < 4.78 is 4.60. The highest BCUT2D eigenvalue weighted by Gasteiger charge is 2.07. The predicted molar refractivity (Wildman–Crippen MR) is 52.3 cm³/mol. The van der Waals surface area contributed by atoms with Crippen LogP contribution in [0.3, 0.4) is 0 Å². The Morgan fingerprint density at radius 3 is 2.53 bits per heavy atom. The first kappa shape index (κ1) is 9.53. The Bertz CT molecular complexity index is 543. The highest BCUT2D eigenvalue weighted by Crippen LogP contribution is 2.21. The molecule has 1 heterocycles. The van der Waals surface area contributed by atoms with Crippen molar-refractivity contribution in [3.8, 4) is 10.6 Å². The van der Waals surface area contributed by atoms with E-state index in [4.69, 9.17) is 5.41 Å². The van der Waals surface area contributed by atoms with Crippen LogP contribution in [0.5, 0.6) is 0 Å². The maximum absolute atomic E-state index is 10.4. The number of non-ortho nitro benzene ring substituents is 1. The summed E-state index contributed by atoms with van der Waals surface area (Å²) in [6.07, 6.45) is 0. The monoisotopic (exact) mass is 223 g/mol. The van der Waals surface area contributed by atoms with Crippen molar-refractivity contribution in [2.24, 2.45) is 0 Å². The minimum atomic E-state index is -0.466. The quantitative estimate of drug-likeness (QED) is 0.620. The average molecular weight is 223 g/mol. The highest BCUT2D eigenvalue weighted by atomic mass is 32.1. The van der Waals surface area contributed by atoms with E-state index in [-0.39, 0.29) is 10.6 Å². The van der Waals surface area contributed by atoms with Gasteiger partial charge >= 0.3 is 0 Å². The van der Waals surface area contributed by atoms with Gasteiger partial charge in [-0.25, -0.2) is 0 Å². The van der Waals surface area contributed by atoms with Gasteiger partial charge in [-0.05, 0) is 12.1 Å². The molecule has 0 unspecified atom stereocenters. The van der Waals surface area contributed by atoms with Gasteiger partial charge in [-0.2, -0.15) is 0 Å². The van der Waals surface area contributed by atoms with Gasteiger partial charge in [0.25, 0.3) is 10.6 Å². The summed E-state index contributed by atoms with van der Waals surface area (Å²) in [5.41, 5.74) is 0.728. The van der Waals surface area contributed by atoms with Crippen LogP contribution in [0.2, 0.25) is 0 Å². The van der Waals surface area contributed by atoms with Crippen LogP contribution in [0.1, 0.15) is 0 Å². The van der Waals surface area contributed by atoms with E-state index in [0.29, 0.717) is 10.6 Å². The lowest BCUT2D eigenvalue weighted by Crippen LogP contribution is -1.86. The average Bonchev–Trinajstić information content (AvgIpc) is 2.65. The van der Waals surface area contributed by atoms with Crippen molar-refractivity contribution in [3.63, 3.8) is 0 Å². The molecule has 6 nitrogen and oxygen atoms in total. The van der Waals surface area contributed by atoms with Crippen molar-refractivity contribution >= 4 is 17.0 Å². The molecule has 2 rings (SSSR count). The second-order valence-corrected chi connectivity index (χ2v) is 3.64. The molecule has 1 N–H and O–H groups in total. The lowest BCUT2D eigenvalue weighted by atomic mass is 10.2. The zero-order valence-corrected chi connectivity index (χ0v) is 8.15. The first-order valence-corrected chi connectivity index (χ1v) is 4.75. The zero-order valence-electron chi connectivity index (χ0n) is 7.34. The second-order valence-electron chi connectivity index (χ2n) is 2.68. The fourth-order valence-corrected chi connectivity index (χ4v) is 1.62. The topological polar surface area (TPSA) is 93.0 Å². The number of hydrogen-bond donors (Lipinski definition) is 1. The molecule has 0 bridgehead atoms. The van der Waals surface area contributed by atoms with Gasteiger partial charge in [-0.3, -0.25) is 15.5 Å². The Morgan fingerprint density at radius 1 is 1.40 bits per heavy atom. The van der Waals surface area contributed by atoms with E-state index >= 15 is 0 Å². The maximum Gasteiger partial charge on any atom is 0.300 e. The first-order valence-electron chi connectivity index (χ1n) is 3.93. The van der Waals surface area contributed by atoms with Gasteiger partial charge < -0.3 is 4.52 Å². The molecule has 0 aliphatic carbocycles. The van der Waals surface area contributed by atoms with Crippen LogP contribution < -0.4 is 4.87 Å². The fraction of sp³-hybridized carbons (Fsp3) is 0. The number of nitro groups is 1. The van der Waals surface area contributed by atoms with Crippen LogP contribution >= 0.6 is 11.3 Å². The molecule has 0 spiro atoms. The van der Waals surface area contributed by atoms with E-state index in [1.165, 1.54) is 12.1 Å². The molecule has 1 aromatic heterocycles. The van der Waals surface area contributed by atoms with Crippen LogP contribution in [-0.4, -0.2) is 10.1 Å². The van der Waals surface area contributed by atoms with Gasteiger partial charge in [-0.15, -0.1) is 0 Å². The van der Waals surface area contributed by atoms with Crippen molar-refractivity contribution in [1.29, 1.82) is 5.41 Å². The van der Waals surface area contributed by atoms with Crippen molar-refractivity contribution < 1.29 is 9.45 Å². The molecule has 2 aromatic rings. The summed E-state index contributed by atoms with van der Waals surface area (Å²) in [5, 5.41) is 21.7. The first-order chi connectivity index (χ1) is 7.16. The third-order valence-corrected chi connectivity index (χ3v) is 2.49. The van der Waals surface area contributed by atoms with E-state index in [0.717, 1.165) is 11.3 Å². The molecule has 76 valence electrons. The number of aromatic nitrogens is 1. The molecule has 0 aliphatic rings. The van der Waals surface area contributed by atoms with Gasteiger partial charge in [0.1, 0.15) is 0 Å². The van der Waals surface area contributed by atoms with Gasteiger partial charge in [-0.1, -0.05) is 16.5 Å². The Labute approximate surface area is 87.4 Å². The minimum absolute atomic E-state index is 0.00310. The van der Waals surface area contributed by atoms with Crippen LogP contribution in [0, 0.1) is 15.5 Å². The molecule has 7 heteroatoms. The van der Waals surface area contributed by atoms with Crippen LogP contribution in [-0.2, 0) is 0 Å². The minimum Gasteiger partial charge on any atom is -0.324 e. The van der Waals surface area contributed by atoms with Gasteiger partial charge in [0, 0.05) is 17.7 Å². The van der Waals surface area contributed by atoms with Crippen LogP contribution in [0.15, 0.2) is 28.8 Å². The molecule has 0 aliphatic heterocycles. The van der Waals surface area contributed by atoms with E-state index in [2.05, 4.69) is 9.68 Å². The number of benzene rings is 1. The molecule has 0 atom stereocenters. The Balaban J connectivity index is 2.39. The van der Waals surface area contributed by atoms with E-state index in [1.807, 2.05) is 0 Å². The summed E-state index contributed by atoms with van der Waals surface area (Å²) in [6.45, 7) is 0. The highest BCUT2D eigenvalue weighted by molar-refractivity contribution is 7.12. The lowest BCUT2D eigenvalue weighted by Gasteiger charge is -1.93. The number of rotatable bonds is 2. The number of nitro benzene ring substituents is 1. The van der Waals surface area contributed by atoms with Gasteiger partial charge in [0.05, 0.1) is 4.92 Å². The molecular weight excluding hydrogens is 218 g/mol. The van der Waals surface area contributed by atoms with Gasteiger partial charge in [0.2, 0.25) is 0 Å². The zero-order chi connectivity index (χ0) is 10.8. The number of nitrogens with zero attached hydrogens (tertiary/aromatic N) is 2. The van der Waals surface area contributed by atoms with Gasteiger partial charge in [0.15, 0.2) is 5.01 Å². The van der Waals surface area contributed by atoms with Crippen molar-refractivity contribution in [1.82, 2.24) is 5.16 Å². The Kier molecular flexibility index (Phi) is 2.30. The second kappa shape index (κ2) is 3.62. The molecule has 0 fully saturated rings. The number of hydrogen-bond acceptors (Lipinski definition) is 6. The lowest BCUT2D eigenvalue weighted by molar-refractivity contribution is -0.384. The molecule has 0 amide bonds. The molecule has 15 heavy (non-hydrogen) atoms. The van der Waals surface area contributed by atoms with Crippen molar-refractivity contribution in [2.75, 3.05) is 0 Å². The summed E-state index contributed by atoms with van der Waals surface area (Å²) in [5.74, 6) is 0. The molecular formula is C8H5N3O3S. The van der Waals surface area contributed by atoms with E-state index in [1.54, 1.807) is 12.1 Å². The predicted octanol–water partition coefficient (Wildman–Crippen LogP) is 1.79. The van der Waals surface area contributed by atoms with Crippen LogP contribution in [0.25, 0.3) is 10.6 Å². The largest absolute Gasteiger partial charge is 0.324 e. The van der Waals surface area contributed by atoms with Crippen LogP contribution in [0.4, 0.5) is 5.69 Å². The Morgan fingerprint density at radius 2 is 2.07 bits per heavy atom. The molecule has 0 saturated carbocycles. The smallest absolute Gasteiger partial charge is 0.300 e. The summed E-state index contributed by atoms with van der Waals surface area (Å²) >= 11 is 1.07. The SMILES string of the molecule is N=c1onc(-c2ccc([N+](=O)[O-])cc2)s1. The van der Waals surface area contributed by atoms with Crippen molar-refractivity contribution in [2.45, 2.75) is 0 Å². The molecule has 0 radical (unpaired) electrons. The molecule has 0 saturated heterocycles. The normalized spacial score (nSPS) is 10.1. The maximum atomic E-state index is 10.4. The molecule has 1 aromatic carbocycles. The fourth-order valence-electron chi connectivity index (χ4n) is 1.05. The summed E-state index contributed by atoms with van der Waals surface area (Å²) in [4.78, 5) is 9.93. The third kappa shape index (κ3) is 1.91. The number of nitrogens with one attached hydrogen (secondary N) is 1. The third-order valence-electron chi connectivity index (χ3n) is 1.73. The standard InChI is InChI=1S/C8H5N3O3S/c9-8-14-10-7(15-8)5-1-3-6(4-2-5)11(12)13/h1-4,9H.